The fraction of sp³-hybridized carbons (Fsp3) is 0.500. The summed E-state index contributed by atoms with van der Waals surface area (Å²) in [6, 6.07) is 5.36. The molecule has 0 fully saturated rings. The number of amides is 1. The number of halogens is 3. The molecule has 9 nitrogen and oxygen atoms in total. The third-order valence-corrected chi connectivity index (χ3v) is 5.20. The van der Waals surface area contributed by atoms with E-state index >= 15 is 0 Å². The number of anilines is 1. The molecular formula is C20H27F3N4O5S. The lowest BCUT2D eigenvalue weighted by atomic mass is 9.99. The second-order valence-corrected chi connectivity index (χ2v) is 9.10. The molecule has 0 saturated carbocycles. The van der Waals surface area contributed by atoms with Crippen LogP contribution in [0, 0.1) is 0 Å². The summed E-state index contributed by atoms with van der Waals surface area (Å²) in [7, 11) is -2.17. The average Bonchev–Trinajstić information content (AvgIpc) is 3.14. The zero-order valence-electron chi connectivity index (χ0n) is 18.7. The standard InChI is InChI=1S/C20H27F3N4O5S/c1-5-6-9-32-27-15(11-18(25-27)20(21,22)23)12-24-19(28)13(2)14-7-8-16(17(10-14)31-3)26-33(4,29)30/h7-8,10-11,13,26H,5-6,9,12H2,1-4H3,(H,24,28). The second kappa shape index (κ2) is 10.8. The molecule has 1 aromatic heterocycles. The maximum atomic E-state index is 13.1. The highest BCUT2D eigenvalue weighted by molar-refractivity contribution is 7.92. The minimum atomic E-state index is -4.65. The van der Waals surface area contributed by atoms with Crippen molar-refractivity contribution in [3.05, 3.63) is 41.2 Å². The van der Waals surface area contributed by atoms with E-state index in [2.05, 4.69) is 15.1 Å². The largest absolute Gasteiger partial charge is 0.495 e. The molecule has 0 spiro atoms. The molecule has 0 aliphatic heterocycles. The quantitative estimate of drug-likeness (QED) is 0.467. The Kier molecular flexibility index (Phi) is 8.58. The molecule has 184 valence electrons. The third-order valence-electron chi connectivity index (χ3n) is 4.61. The molecule has 1 unspecified atom stereocenters. The van der Waals surface area contributed by atoms with Crippen LogP contribution in [0.5, 0.6) is 5.75 Å². The van der Waals surface area contributed by atoms with Gasteiger partial charge in [0.2, 0.25) is 15.9 Å². The highest BCUT2D eigenvalue weighted by atomic mass is 32.2. The van der Waals surface area contributed by atoms with Crippen molar-refractivity contribution in [1.29, 1.82) is 0 Å². The molecule has 2 N–H and O–H groups in total. The maximum Gasteiger partial charge on any atom is 0.435 e. The van der Waals surface area contributed by atoms with Gasteiger partial charge in [-0.05, 0) is 37.1 Å². The highest BCUT2D eigenvalue weighted by Crippen LogP contribution is 2.30. The minimum Gasteiger partial charge on any atom is -0.495 e. The molecule has 1 heterocycles. The van der Waals surface area contributed by atoms with E-state index in [1.54, 1.807) is 13.0 Å². The minimum absolute atomic E-state index is 0.0456. The first-order valence-electron chi connectivity index (χ1n) is 10.1. The van der Waals surface area contributed by atoms with Gasteiger partial charge in [-0.25, -0.2) is 8.42 Å². The summed E-state index contributed by atoms with van der Waals surface area (Å²) in [4.78, 5) is 18.7. The summed E-state index contributed by atoms with van der Waals surface area (Å²) in [6.45, 7) is 3.46. The number of carbonyl (C=O) groups excluding carboxylic acids is 1. The molecular weight excluding hydrogens is 465 g/mol. The summed E-state index contributed by atoms with van der Waals surface area (Å²) < 4.78 is 69.6. The summed E-state index contributed by atoms with van der Waals surface area (Å²) in [5, 5.41) is 6.03. The molecule has 2 rings (SSSR count). The number of hydrogen-bond donors (Lipinski definition) is 2. The first kappa shape index (κ1) is 26.3. The van der Waals surface area contributed by atoms with E-state index in [-0.39, 0.29) is 30.3 Å². The van der Waals surface area contributed by atoms with E-state index in [0.717, 1.165) is 23.6 Å². The molecule has 1 amide bonds. The predicted molar refractivity (Wildman–Crippen MR) is 115 cm³/mol. The van der Waals surface area contributed by atoms with E-state index in [9.17, 15) is 26.4 Å². The van der Waals surface area contributed by atoms with Gasteiger partial charge in [0.25, 0.3) is 0 Å². The van der Waals surface area contributed by atoms with Gasteiger partial charge < -0.3 is 14.9 Å². The maximum absolute atomic E-state index is 13.1. The van der Waals surface area contributed by atoms with Crippen LogP contribution in [-0.4, -0.2) is 44.2 Å². The molecule has 1 aromatic carbocycles. The van der Waals surface area contributed by atoms with E-state index in [1.165, 1.54) is 19.2 Å². The zero-order valence-corrected chi connectivity index (χ0v) is 19.5. The van der Waals surface area contributed by atoms with Crippen LogP contribution in [-0.2, 0) is 27.5 Å². The number of nitrogens with zero attached hydrogens (tertiary/aromatic N) is 2. The number of nitrogens with one attached hydrogen (secondary N) is 2. The van der Waals surface area contributed by atoms with Gasteiger partial charge in [-0.15, -0.1) is 9.94 Å². The Balaban J connectivity index is 2.14. The Morgan fingerprint density at radius 3 is 2.55 bits per heavy atom. The molecule has 0 saturated heterocycles. The molecule has 33 heavy (non-hydrogen) atoms. The van der Waals surface area contributed by atoms with Crippen molar-refractivity contribution in [2.24, 2.45) is 0 Å². The highest BCUT2D eigenvalue weighted by Gasteiger charge is 2.35. The van der Waals surface area contributed by atoms with Crippen molar-refractivity contribution in [3.63, 3.8) is 0 Å². The molecule has 0 aliphatic carbocycles. The molecule has 2 aromatic rings. The number of carbonyl (C=O) groups is 1. The first-order valence-corrected chi connectivity index (χ1v) is 12.0. The van der Waals surface area contributed by atoms with Gasteiger partial charge in [-0.1, -0.05) is 19.4 Å². The van der Waals surface area contributed by atoms with Gasteiger partial charge in [-0.3, -0.25) is 9.52 Å². The van der Waals surface area contributed by atoms with Crippen LogP contribution in [0.1, 0.15) is 49.6 Å². The van der Waals surface area contributed by atoms with E-state index in [4.69, 9.17) is 9.57 Å². The summed E-state index contributed by atoms with van der Waals surface area (Å²) in [5.74, 6) is -0.948. The summed E-state index contributed by atoms with van der Waals surface area (Å²) in [6.07, 6.45) is -2.23. The number of methoxy groups -OCH3 is 1. The predicted octanol–water partition coefficient (Wildman–Crippen LogP) is 2.93. The summed E-state index contributed by atoms with van der Waals surface area (Å²) in [5.41, 5.74) is -0.337. The molecule has 0 bridgehead atoms. The van der Waals surface area contributed by atoms with Crippen LogP contribution in [0.4, 0.5) is 18.9 Å². The number of ether oxygens (including phenoxy) is 1. The number of rotatable bonds is 11. The summed E-state index contributed by atoms with van der Waals surface area (Å²) >= 11 is 0. The average molecular weight is 493 g/mol. The Hall–Kier alpha value is -2.96. The fourth-order valence-electron chi connectivity index (χ4n) is 2.81. The molecule has 1 atom stereocenters. The number of alkyl halides is 3. The van der Waals surface area contributed by atoms with Crippen molar-refractivity contribution in [1.82, 2.24) is 15.3 Å². The van der Waals surface area contributed by atoms with Crippen LogP contribution in [0.3, 0.4) is 0 Å². The fourth-order valence-corrected chi connectivity index (χ4v) is 3.38. The Morgan fingerprint density at radius 1 is 1.27 bits per heavy atom. The molecule has 0 radical (unpaired) electrons. The van der Waals surface area contributed by atoms with Gasteiger partial charge in [-0.2, -0.15) is 13.2 Å². The lowest BCUT2D eigenvalue weighted by Crippen LogP contribution is -2.29. The Labute approximate surface area is 190 Å². The normalized spacial score (nSPS) is 12.8. The lowest BCUT2D eigenvalue weighted by Gasteiger charge is -2.16. The smallest absolute Gasteiger partial charge is 0.435 e. The zero-order chi connectivity index (χ0) is 24.8. The number of hydrogen-bond acceptors (Lipinski definition) is 6. The van der Waals surface area contributed by atoms with Gasteiger partial charge in [0.15, 0.2) is 5.69 Å². The van der Waals surface area contributed by atoms with E-state index < -0.39 is 33.7 Å². The SMILES string of the molecule is CCCCOn1nc(C(F)(F)F)cc1CNC(=O)C(C)c1ccc(NS(C)(=O)=O)c(OC)c1. The number of unbranched alkanes of at least 4 members (excludes halogenated alkanes) is 1. The van der Waals surface area contributed by atoms with Crippen molar-refractivity contribution < 1.29 is 36.0 Å². The Bertz CT molecular complexity index is 1070. The van der Waals surface area contributed by atoms with Crippen molar-refractivity contribution in [2.75, 3.05) is 24.7 Å². The van der Waals surface area contributed by atoms with Gasteiger partial charge in [0, 0.05) is 0 Å². The molecule has 13 heteroatoms. The van der Waals surface area contributed by atoms with Crippen LogP contribution >= 0.6 is 0 Å². The van der Waals surface area contributed by atoms with Crippen LogP contribution in [0.2, 0.25) is 0 Å². The second-order valence-electron chi connectivity index (χ2n) is 7.35. The van der Waals surface area contributed by atoms with Crippen molar-refractivity contribution in [2.45, 2.75) is 45.3 Å². The molecule has 0 aliphatic rings. The monoisotopic (exact) mass is 492 g/mol. The van der Waals surface area contributed by atoms with Gasteiger partial charge >= 0.3 is 6.18 Å². The van der Waals surface area contributed by atoms with E-state index in [1.807, 2.05) is 6.92 Å². The number of benzene rings is 1. The topological polar surface area (TPSA) is 112 Å². The lowest BCUT2D eigenvalue weighted by molar-refractivity contribution is -0.142. The number of aromatic nitrogens is 2. The number of sulfonamides is 1. The van der Waals surface area contributed by atoms with Gasteiger partial charge in [0.1, 0.15) is 12.4 Å². The van der Waals surface area contributed by atoms with E-state index in [0.29, 0.717) is 12.0 Å². The van der Waals surface area contributed by atoms with Crippen LogP contribution < -0.4 is 19.6 Å². The first-order chi connectivity index (χ1) is 15.4. The van der Waals surface area contributed by atoms with Crippen LogP contribution in [0.15, 0.2) is 24.3 Å². The van der Waals surface area contributed by atoms with Gasteiger partial charge in [0.05, 0.1) is 37.2 Å². The van der Waals surface area contributed by atoms with Crippen molar-refractivity contribution in [3.8, 4) is 5.75 Å². The Morgan fingerprint density at radius 2 is 1.97 bits per heavy atom. The third kappa shape index (κ3) is 7.55. The van der Waals surface area contributed by atoms with Crippen molar-refractivity contribution >= 4 is 21.6 Å². The van der Waals surface area contributed by atoms with Crippen LogP contribution in [0.25, 0.3) is 0 Å².